The molecule has 0 unspecified atom stereocenters. The van der Waals surface area contributed by atoms with E-state index in [0.717, 1.165) is 5.56 Å². The van der Waals surface area contributed by atoms with Gasteiger partial charge in [0.25, 0.3) is 0 Å². The van der Waals surface area contributed by atoms with Crippen molar-refractivity contribution < 1.29 is 28.6 Å². The molecule has 11 heteroatoms. The number of hydrogen-bond acceptors (Lipinski definition) is 7. The van der Waals surface area contributed by atoms with Crippen molar-refractivity contribution in [2.75, 3.05) is 23.9 Å². The number of nitrogens with one attached hydrogen (secondary N) is 1. The van der Waals surface area contributed by atoms with E-state index in [1.165, 1.54) is 30.2 Å². The van der Waals surface area contributed by atoms with Crippen LogP contribution >= 0.6 is 11.6 Å². The second-order valence-electron chi connectivity index (χ2n) is 8.39. The Hall–Kier alpha value is -3.92. The largest absolute Gasteiger partial charge is 0.497 e. The number of aromatic nitrogens is 2. The number of carboxylic acids is 1. The first-order valence-electron chi connectivity index (χ1n) is 11.1. The van der Waals surface area contributed by atoms with Crippen LogP contribution in [0.5, 0.6) is 5.75 Å². The molecule has 2 aromatic heterocycles. The van der Waals surface area contributed by atoms with Gasteiger partial charge < -0.3 is 19.9 Å². The number of aryl methyl sites for hydroxylation is 1. The summed E-state index contributed by atoms with van der Waals surface area (Å²) in [7, 11) is 1.46. The fourth-order valence-corrected chi connectivity index (χ4v) is 4.16. The number of halogens is 2. The summed E-state index contributed by atoms with van der Waals surface area (Å²) in [5.41, 5.74) is 1.86. The molecule has 188 valence electrons. The highest BCUT2D eigenvalue weighted by Crippen LogP contribution is 2.29. The summed E-state index contributed by atoms with van der Waals surface area (Å²) >= 11 is 5.85. The maximum atomic E-state index is 14.6. The molecular formula is C25H24ClFN4O5. The summed E-state index contributed by atoms with van der Waals surface area (Å²) in [6, 6.07) is 10.3. The number of ether oxygens (including phenoxy) is 2. The van der Waals surface area contributed by atoms with E-state index in [2.05, 4.69) is 15.3 Å². The average molecular weight is 515 g/mol. The molecule has 1 aromatic carbocycles. The third kappa shape index (κ3) is 5.33. The molecule has 0 spiro atoms. The SMILES string of the molecule is COc1ccc(C[C@H]2COC(=O)N2c2cc(C)cc([C@@H](C)Nc3ccc(Cl)nc3C(=O)O)n2)c(F)c1. The lowest BCUT2D eigenvalue weighted by Crippen LogP contribution is -2.36. The summed E-state index contributed by atoms with van der Waals surface area (Å²) in [5, 5.41) is 12.6. The lowest BCUT2D eigenvalue weighted by Gasteiger charge is -2.23. The first-order chi connectivity index (χ1) is 17.2. The van der Waals surface area contributed by atoms with Crippen LogP contribution in [0.25, 0.3) is 0 Å². The van der Waals surface area contributed by atoms with Gasteiger partial charge in [-0.2, -0.15) is 0 Å². The van der Waals surface area contributed by atoms with Crippen molar-refractivity contribution in [1.82, 2.24) is 9.97 Å². The Balaban J connectivity index is 1.61. The van der Waals surface area contributed by atoms with Crippen molar-refractivity contribution in [3.8, 4) is 5.75 Å². The third-order valence-corrected chi connectivity index (χ3v) is 5.99. The quantitative estimate of drug-likeness (QED) is 0.402. The fraction of sp³-hybridized carbons (Fsp3) is 0.280. The monoisotopic (exact) mass is 514 g/mol. The summed E-state index contributed by atoms with van der Waals surface area (Å²) < 4.78 is 24.9. The zero-order valence-electron chi connectivity index (χ0n) is 19.8. The summed E-state index contributed by atoms with van der Waals surface area (Å²) in [4.78, 5) is 34.2. The predicted molar refractivity (Wildman–Crippen MR) is 131 cm³/mol. The van der Waals surface area contributed by atoms with E-state index >= 15 is 0 Å². The molecule has 0 aliphatic carbocycles. The second kappa shape index (κ2) is 10.4. The number of carbonyl (C=O) groups excluding carboxylic acids is 1. The van der Waals surface area contributed by atoms with Gasteiger partial charge in [0.2, 0.25) is 0 Å². The molecule has 2 atom stereocenters. The number of cyclic esters (lactones) is 1. The fourth-order valence-electron chi connectivity index (χ4n) is 4.01. The van der Waals surface area contributed by atoms with Crippen LogP contribution in [0.1, 0.15) is 40.3 Å². The van der Waals surface area contributed by atoms with Crippen LogP contribution in [0, 0.1) is 12.7 Å². The lowest BCUT2D eigenvalue weighted by atomic mass is 10.0. The number of anilines is 2. The number of hydrogen-bond donors (Lipinski definition) is 2. The van der Waals surface area contributed by atoms with Gasteiger partial charge in [-0.1, -0.05) is 17.7 Å². The molecule has 1 aliphatic heterocycles. The zero-order valence-corrected chi connectivity index (χ0v) is 20.5. The Labute approximate surface area is 211 Å². The predicted octanol–water partition coefficient (Wildman–Crippen LogP) is 5.03. The number of carbonyl (C=O) groups is 2. The minimum absolute atomic E-state index is 0.0634. The maximum Gasteiger partial charge on any atom is 0.415 e. The Morgan fingerprint density at radius 3 is 2.78 bits per heavy atom. The number of nitrogens with zero attached hydrogens (tertiary/aromatic N) is 3. The maximum absolute atomic E-state index is 14.6. The van der Waals surface area contributed by atoms with Crippen LogP contribution in [-0.4, -0.2) is 46.9 Å². The van der Waals surface area contributed by atoms with Gasteiger partial charge in [0.05, 0.1) is 30.6 Å². The van der Waals surface area contributed by atoms with Crippen molar-refractivity contribution in [2.24, 2.45) is 0 Å². The minimum Gasteiger partial charge on any atom is -0.497 e. The Morgan fingerprint density at radius 1 is 1.31 bits per heavy atom. The van der Waals surface area contributed by atoms with Gasteiger partial charge in [-0.05, 0) is 61.7 Å². The van der Waals surface area contributed by atoms with Crippen LogP contribution in [0.15, 0.2) is 42.5 Å². The number of benzene rings is 1. The number of pyridine rings is 2. The van der Waals surface area contributed by atoms with E-state index < -0.39 is 30.0 Å². The summed E-state index contributed by atoms with van der Waals surface area (Å²) in [5.74, 6) is -0.901. The van der Waals surface area contributed by atoms with Gasteiger partial charge in [0, 0.05) is 6.07 Å². The van der Waals surface area contributed by atoms with Crippen molar-refractivity contribution in [3.05, 3.63) is 75.9 Å². The molecule has 4 rings (SSSR count). The molecule has 0 radical (unpaired) electrons. The van der Waals surface area contributed by atoms with Crippen LogP contribution in [0.2, 0.25) is 5.15 Å². The summed E-state index contributed by atoms with van der Waals surface area (Å²) in [6.07, 6.45) is -0.354. The molecule has 1 fully saturated rings. The van der Waals surface area contributed by atoms with E-state index in [4.69, 9.17) is 21.1 Å². The highest BCUT2D eigenvalue weighted by molar-refractivity contribution is 6.29. The molecule has 3 heterocycles. The van der Waals surface area contributed by atoms with E-state index in [1.807, 2.05) is 13.0 Å². The van der Waals surface area contributed by atoms with Crippen molar-refractivity contribution in [2.45, 2.75) is 32.4 Å². The lowest BCUT2D eigenvalue weighted by molar-refractivity contribution is 0.0691. The molecule has 1 saturated heterocycles. The zero-order chi connectivity index (χ0) is 26.0. The topological polar surface area (TPSA) is 114 Å². The molecule has 0 saturated carbocycles. The van der Waals surface area contributed by atoms with Gasteiger partial charge in [-0.25, -0.2) is 23.9 Å². The molecule has 9 nitrogen and oxygen atoms in total. The third-order valence-electron chi connectivity index (χ3n) is 5.78. The van der Waals surface area contributed by atoms with E-state index in [-0.39, 0.29) is 29.6 Å². The normalized spacial score (nSPS) is 16.0. The standard InChI is InChI=1S/C25H24ClFN4O5/c1-13-8-20(14(2)28-19-6-7-21(26)30-23(19)24(32)33)29-22(9-13)31-16(12-36-25(31)34)10-15-4-5-17(35-3)11-18(15)27/h4-9,11,14,16,28H,10,12H2,1-3H3,(H,32,33)/t14-,16+/m1/s1. The Kier molecular flexibility index (Phi) is 7.25. The first kappa shape index (κ1) is 25.2. The van der Waals surface area contributed by atoms with Gasteiger partial charge in [-0.15, -0.1) is 0 Å². The smallest absolute Gasteiger partial charge is 0.415 e. The molecule has 36 heavy (non-hydrogen) atoms. The van der Waals surface area contributed by atoms with Crippen LogP contribution in [0.4, 0.5) is 20.7 Å². The van der Waals surface area contributed by atoms with Crippen molar-refractivity contribution in [1.29, 1.82) is 0 Å². The molecule has 3 aromatic rings. The van der Waals surface area contributed by atoms with Crippen LogP contribution in [-0.2, 0) is 11.2 Å². The van der Waals surface area contributed by atoms with Gasteiger partial charge in [-0.3, -0.25) is 4.90 Å². The van der Waals surface area contributed by atoms with Crippen LogP contribution < -0.4 is 15.0 Å². The number of aromatic carboxylic acids is 1. The molecule has 1 aliphatic rings. The summed E-state index contributed by atoms with van der Waals surface area (Å²) in [6.45, 7) is 3.74. The highest BCUT2D eigenvalue weighted by atomic mass is 35.5. The number of rotatable bonds is 8. The Bertz CT molecular complexity index is 1320. The van der Waals surface area contributed by atoms with E-state index in [9.17, 15) is 19.1 Å². The molecule has 0 bridgehead atoms. The van der Waals surface area contributed by atoms with E-state index in [0.29, 0.717) is 22.8 Å². The van der Waals surface area contributed by atoms with E-state index in [1.54, 1.807) is 25.1 Å². The minimum atomic E-state index is -1.22. The van der Waals surface area contributed by atoms with Gasteiger partial charge >= 0.3 is 12.1 Å². The van der Waals surface area contributed by atoms with Gasteiger partial charge in [0.15, 0.2) is 5.69 Å². The first-order valence-corrected chi connectivity index (χ1v) is 11.5. The number of methoxy groups -OCH3 is 1. The van der Waals surface area contributed by atoms with Crippen molar-refractivity contribution in [3.63, 3.8) is 0 Å². The van der Waals surface area contributed by atoms with Crippen LogP contribution in [0.3, 0.4) is 0 Å². The average Bonchev–Trinajstić information content (AvgIpc) is 3.20. The molecule has 2 N–H and O–H groups in total. The Morgan fingerprint density at radius 2 is 2.08 bits per heavy atom. The second-order valence-corrected chi connectivity index (χ2v) is 8.78. The molecular weight excluding hydrogens is 491 g/mol. The highest BCUT2D eigenvalue weighted by Gasteiger charge is 2.36. The number of amides is 1. The molecule has 1 amide bonds. The van der Waals surface area contributed by atoms with Crippen molar-refractivity contribution >= 4 is 35.2 Å². The van der Waals surface area contributed by atoms with Gasteiger partial charge in [0.1, 0.15) is 29.1 Å². The number of carboxylic acid groups (broad SMARTS) is 1.